The molecule has 0 radical (unpaired) electrons. The molecule has 4 aliphatic carbocycles. The van der Waals surface area contributed by atoms with Gasteiger partial charge in [-0.1, -0.05) is 53.2 Å². The number of allylic oxidation sites excluding steroid dienone is 1. The lowest BCUT2D eigenvalue weighted by Gasteiger charge is -2.67. The van der Waals surface area contributed by atoms with Crippen LogP contribution < -0.4 is 0 Å². The second-order valence-corrected chi connectivity index (χ2v) is 23.1. The van der Waals surface area contributed by atoms with Crippen LogP contribution in [0.5, 0.6) is 0 Å². The topological polar surface area (TPSA) is 318 Å². The normalized spacial score (nSPS) is 51.0. The van der Waals surface area contributed by atoms with E-state index in [4.69, 9.17) is 28.4 Å². The van der Waals surface area contributed by atoms with Gasteiger partial charge in [-0.05, 0) is 99.7 Å². The molecule has 3 aliphatic heterocycles. The van der Waals surface area contributed by atoms with Crippen LogP contribution in [0.25, 0.3) is 0 Å². The Labute approximate surface area is 393 Å². The Balaban J connectivity index is 1.10. The van der Waals surface area contributed by atoms with Crippen molar-refractivity contribution in [2.24, 2.45) is 45.3 Å². The van der Waals surface area contributed by atoms with E-state index in [0.29, 0.717) is 19.3 Å². The summed E-state index contributed by atoms with van der Waals surface area (Å²) < 4.78 is 35.5. The highest BCUT2D eigenvalue weighted by molar-refractivity contribution is 5.31. The third kappa shape index (κ3) is 9.24. The van der Waals surface area contributed by atoms with Crippen LogP contribution in [0.2, 0.25) is 0 Å². The largest absolute Gasteiger partial charge is 0.394 e. The second kappa shape index (κ2) is 19.8. The van der Waals surface area contributed by atoms with E-state index in [2.05, 4.69) is 47.6 Å². The molecule has 0 aromatic rings. The number of hydrogen-bond donors (Lipinski definition) is 13. The summed E-state index contributed by atoms with van der Waals surface area (Å²) in [7, 11) is 0. The van der Waals surface area contributed by atoms with Crippen LogP contribution in [0.1, 0.15) is 107 Å². The monoisotopic (exact) mass is 963 g/mol. The molecule has 7 aliphatic rings. The smallest absolute Gasteiger partial charge is 0.187 e. The van der Waals surface area contributed by atoms with Crippen molar-refractivity contribution in [1.82, 2.24) is 0 Å². The Morgan fingerprint density at radius 2 is 1.24 bits per heavy atom. The van der Waals surface area contributed by atoms with Crippen molar-refractivity contribution in [3.8, 4) is 0 Å². The van der Waals surface area contributed by atoms with Gasteiger partial charge in [0.2, 0.25) is 0 Å². The number of hydrogen-bond acceptors (Lipinski definition) is 19. The summed E-state index contributed by atoms with van der Waals surface area (Å²) >= 11 is 0. The third-order valence-electron chi connectivity index (χ3n) is 18.7. The first-order chi connectivity index (χ1) is 31.2. The van der Waals surface area contributed by atoms with Crippen LogP contribution in [-0.2, 0) is 28.4 Å². The second-order valence-electron chi connectivity index (χ2n) is 23.1. The predicted octanol–water partition coefficient (Wildman–Crippen LogP) is -1.06. The maximum atomic E-state index is 12.4. The molecule has 3 heterocycles. The Bertz CT molecular complexity index is 1710. The van der Waals surface area contributed by atoms with Crippen LogP contribution in [0.3, 0.4) is 0 Å². The van der Waals surface area contributed by atoms with Gasteiger partial charge in [0.1, 0.15) is 73.2 Å². The first-order valence-corrected chi connectivity index (χ1v) is 24.5. The zero-order valence-corrected chi connectivity index (χ0v) is 40.3. The highest BCUT2D eigenvalue weighted by Crippen LogP contribution is 2.75. The fraction of sp³-hybridized carbons (Fsp3) is 0.958. The molecule has 0 bridgehead atoms. The molecule has 19 heteroatoms. The van der Waals surface area contributed by atoms with Crippen LogP contribution in [0.4, 0.5) is 0 Å². The van der Waals surface area contributed by atoms with Gasteiger partial charge in [0, 0.05) is 10.8 Å². The van der Waals surface area contributed by atoms with Crippen LogP contribution in [0.15, 0.2) is 11.6 Å². The van der Waals surface area contributed by atoms with Gasteiger partial charge in [0.05, 0.1) is 43.7 Å². The van der Waals surface area contributed by atoms with Crippen molar-refractivity contribution in [2.75, 3.05) is 19.8 Å². The van der Waals surface area contributed by atoms with Gasteiger partial charge in [0.15, 0.2) is 18.9 Å². The average Bonchev–Trinajstić information content (AvgIpc) is 3.54. The molecule has 6 fully saturated rings. The van der Waals surface area contributed by atoms with Crippen molar-refractivity contribution in [3.05, 3.63) is 11.6 Å². The third-order valence-corrected chi connectivity index (χ3v) is 18.7. The number of aliphatic hydroxyl groups excluding tert-OH is 12. The van der Waals surface area contributed by atoms with Crippen LogP contribution in [-0.4, -0.2) is 202 Å². The quantitative estimate of drug-likeness (QED) is 0.0924. The van der Waals surface area contributed by atoms with Crippen molar-refractivity contribution >= 4 is 0 Å². The standard InChI is InChI=1S/C48H82O19/c1-21(22-15-16-46(6)28-12-10-23-24(11-13-29(51)44(23,2)3)48(28,8)30(52)17-47(22,46)7)9-14-31(45(4,5)61)66-43-40(67-42-39(60)36(57)33(54)26(19-50)64-42)37(58)34(55)27(65-43)20-62-41-38(59)35(56)32(53)25(18-49)63-41/h10,21-22,24-43,49-61H,9,11-20H2,1-8H3/t21-,22?,24?,25-,26+,27-,28?,29+,30-,31-,32-,33+,34-,35+,36-,37+,38-,39+,40-,41-,42-,43+,46+,47-,48+/m1/s1. The predicted molar refractivity (Wildman–Crippen MR) is 235 cm³/mol. The molecular formula is C48H82O19. The summed E-state index contributed by atoms with van der Waals surface area (Å²) in [5.41, 5.74) is -1.32. The van der Waals surface area contributed by atoms with Gasteiger partial charge < -0.3 is 94.8 Å². The molecule has 25 atom stereocenters. The highest BCUT2D eigenvalue weighted by Gasteiger charge is 2.70. The van der Waals surface area contributed by atoms with E-state index < -0.39 is 136 Å². The van der Waals surface area contributed by atoms with Gasteiger partial charge >= 0.3 is 0 Å². The molecule has 3 saturated heterocycles. The Morgan fingerprint density at radius 1 is 0.672 bits per heavy atom. The van der Waals surface area contributed by atoms with E-state index in [1.54, 1.807) is 13.8 Å². The van der Waals surface area contributed by atoms with Crippen molar-refractivity contribution in [1.29, 1.82) is 0 Å². The zero-order chi connectivity index (χ0) is 49.5. The number of fused-ring (bicyclic) bond motifs is 5. The summed E-state index contributed by atoms with van der Waals surface area (Å²) in [6, 6.07) is 0. The average molecular weight is 963 g/mol. The SMILES string of the molecule is C[C@H](CC[C@@H](O[C@@H]1O[C@H](CO[C@@H]2O[C@H](CO)[C@@H](O)[C@H](O)[C@H]2O)[C@@H](O)[C@H](O)[C@H]1O[C@H]1O[C@@H](CO)[C@H](O)[C@@H](O)[C@@H]1O)C(C)(C)O)C1CC[C@@]2(C)C3CC=C4C(CC[C@H](O)C4(C)C)[C@]3(C)[C@H](O)C[C@]12C. The minimum absolute atomic E-state index is 0.0795. The summed E-state index contributed by atoms with van der Waals surface area (Å²) in [5, 5.41) is 141. The maximum Gasteiger partial charge on any atom is 0.187 e. The van der Waals surface area contributed by atoms with Crippen molar-refractivity contribution in [2.45, 2.75) is 223 Å². The summed E-state index contributed by atoms with van der Waals surface area (Å²) in [5.74, 6) is 0.678. The molecule has 0 amide bonds. The number of aliphatic hydroxyl groups is 13. The van der Waals surface area contributed by atoms with Crippen molar-refractivity contribution < 1.29 is 94.8 Å². The Morgan fingerprint density at radius 3 is 1.84 bits per heavy atom. The summed E-state index contributed by atoms with van der Waals surface area (Å²) in [4.78, 5) is 0. The van der Waals surface area contributed by atoms with Crippen LogP contribution >= 0.6 is 0 Å². The van der Waals surface area contributed by atoms with E-state index in [9.17, 15) is 66.4 Å². The minimum atomic E-state index is -1.90. The maximum absolute atomic E-state index is 12.4. The van der Waals surface area contributed by atoms with E-state index in [1.807, 2.05) is 0 Å². The molecule has 67 heavy (non-hydrogen) atoms. The Kier molecular flexibility index (Phi) is 15.9. The molecule has 0 aromatic carbocycles. The first-order valence-electron chi connectivity index (χ1n) is 24.5. The molecule has 7 rings (SSSR count). The lowest BCUT2D eigenvalue weighted by atomic mass is 9.38. The number of rotatable bonds is 14. The lowest BCUT2D eigenvalue weighted by Crippen LogP contribution is -2.65. The van der Waals surface area contributed by atoms with Gasteiger partial charge in [-0.3, -0.25) is 0 Å². The molecule has 3 saturated carbocycles. The van der Waals surface area contributed by atoms with E-state index in [0.717, 1.165) is 25.7 Å². The Hall–Kier alpha value is -1.02. The summed E-state index contributed by atoms with van der Waals surface area (Å²) in [6.45, 7) is 14.4. The minimum Gasteiger partial charge on any atom is -0.394 e. The fourth-order valence-electron chi connectivity index (χ4n) is 14.1. The molecule has 0 spiro atoms. The molecule has 13 N–H and O–H groups in total. The molecular weight excluding hydrogens is 881 g/mol. The molecule has 19 nitrogen and oxygen atoms in total. The van der Waals surface area contributed by atoms with E-state index in [-0.39, 0.29) is 51.8 Å². The van der Waals surface area contributed by atoms with Gasteiger partial charge in [-0.2, -0.15) is 0 Å². The lowest BCUT2D eigenvalue weighted by molar-refractivity contribution is -0.380. The number of ether oxygens (including phenoxy) is 6. The molecule has 3 unspecified atom stereocenters. The first kappa shape index (κ1) is 53.8. The van der Waals surface area contributed by atoms with E-state index >= 15 is 0 Å². The van der Waals surface area contributed by atoms with E-state index in [1.165, 1.54) is 5.57 Å². The van der Waals surface area contributed by atoms with Gasteiger partial charge in [-0.25, -0.2) is 0 Å². The van der Waals surface area contributed by atoms with Gasteiger partial charge in [-0.15, -0.1) is 0 Å². The molecule has 388 valence electrons. The van der Waals surface area contributed by atoms with Crippen LogP contribution in [0, 0.1) is 45.3 Å². The summed E-state index contributed by atoms with van der Waals surface area (Å²) in [6.07, 6.45) is -19.2. The fourth-order valence-corrected chi connectivity index (χ4v) is 14.1. The highest BCUT2D eigenvalue weighted by atomic mass is 16.8. The zero-order valence-electron chi connectivity index (χ0n) is 40.3. The molecule has 0 aromatic heterocycles. The van der Waals surface area contributed by atoms with Crippen molar-refractivity contribution in [3.63, 3.8) is 0 Å². The van der Waals surface area contributed by atoms with Gasteiger partial charge in [0.25, 0.3) is 0 Å².